The van der Waals surface area contributed by atoms with Crippen molar-refractivity contribution in [3.05, 3.63) is 34.3 Å². The molecule has 2 rings (SSSR count). The van der Waals surface area contributed by atoms with E-state index in [0.717, 1.165) is 30.0 Å². The summed E-state index contributed by atoms with van der Waals surface area (Å²) >= 11 is 3.58. The van der Waals surface area contributed by atoms with Crippen molar-refractivity contribution < 1.29 is 4.74 Å². The largest absolute Gasteiger partial charge is 0.384 e. The van der Waals surface area contributed by atoms with Crippen molar-refractivity contribution in [3.8, 4) is 0 Å². The number of likely N-dealkylation sites (tertiary alicyclic amines) is 1. The molecule has 1 aliphatic heterocycles. The van der Waals surface area contributed by atoms with Crippen LogP contribution >= 0.6 is 15.9 Å². The second kappa shape index (κ2) is 8.13. The van der Waals surface area contributed by atoms with Crippen LogP contribution in [0.1, 0.15) is 30.9 Å². The van der Waals surface area contributed by atoms with E-state index >= 15 is 0 Å². The topological polar surface area (TPSA) is 38.5 Å². The summed E-state index contributed by atoms with van der Waals surface area (Å²) < 4.78 is 6.36. The third-order valence-corrected chi connectivity index (χ3v) is 4.89. The molecule has 1 aromatic carbocycles. The molecule has 1 heterocycles. The standard InChI is InChI=1S/C16H25BrN2O/c1-20-12-13-6-9-19(10-7-13)11-8-16(18)14-4-2-3-5-15(14)17/h2-5,13,16H,6-12,18H2,1H3. The lowest BCUT2D eigenvalue weighted by atomic mass is 9.97. The lowest BCUT2D eigenvalue weighted by Crippen LogP contribution is -2.36. The molecule has 1 atom stereocenters. The van der Waals surface area contributed by atoms with Gasteiger partial charge in [-0.2, -0.15) is 0 Å². The summed E-state index contributed by atoms with van der Waals surface area (Å²) in [4.78, 5) is 2.53. The van der Waals surface area contributed by atoms with Crippen LogP contribution in [0.4, 0.5) is 0 Å². The van der Waals surface area contributed by atoms with Crippen LogP contribution in [0, 0.1) is 5.92 Å². The van der Waals surface area contributed by atoms with Crippen molar-refractivity contribution in [1.82, 2.24) is 4.90 Å². The number of nitrogens with zero attached hydrogens (tertiary/aromatic N) is 1. The quantitative estimate of drug-likeness (QED) is 0.864. The van der Waals surface area contributed by atoms with Gasteiger partial charge in [0.25, 0.3) is 0 Å². The minimum absolute atomic E-state index is 0.113. The number of hydrogen-bond acceptors (Lipinski definition) is 3. The van der Waals surface area contributed by atoms with Crippen LogP contribution in [0.25, 0.3) is 0 Å². The number of methoxy groups -OCH3 is 1. The Balaban J connectivity index is 1.75. The summed E-state index contributed by atoms with van der Waals surface area (Å²) in [6.07, 6.45) is 3.51. The van der Waals surface area contributed by atoms with E-state index in [1.165, 1.54) is 31.5 Å². The first-order chi connectivity index (χ1) is 9.70. The molecule has 0 aliphatic carbocycles. The molecule has 0 radical (unpaired) electrons. The number of rotatable bonds is 6. The normalized spacial score (nSPS) is 19.1. The minimum atomic E-state index is 0.113. The molecule has 0 saturated carbocycles. The first kappa shape index (κ1) is 16.0. The third kappa shape index (κ3) is 4.55. The predicted molar refractivity (Wildman–Crippen MR) is 86.7 cm³/mol. The molecular weight excluding hydrogens is 316 g/mol. The van der Waals surface area contributed by atoms with Gasteiger partial charge in [-0.05, 0) is 56.4 Å². The van der Waals surface area contributed by atoms with Crippen LogP contribution in [-0.4, -0.2) is 38.3 Å². The van der Waals surface area contributed by atoms with E-state index in [-0.39, 0.29) is 6.04 Å². The van der Waals surface area contributed by atoms with E-state index in [1.54, 1.807) is 7.11 Å². The Bertz CT molecular complexity index is 405. The van der Waals surface area contributed by atoms with Gasteiger partial charge >= 0.3 is 0 Å². The monoisotopic (exact) mass is 340 g/mol. The molecule has 0 bridgehead atoms. The highest BCUT2D eigenvalue weighted by Crippen LogP contribution is 2.24. The lowest BCUT2D eigenvalue weighted by Gasteiger charge is -2.32. The Kier molecular flexibility index (Phi) is 6.49. The maximum absolute atomic E-state index is 6.31. The Morgan fingerprint density at radius 1 is 1.35 bits per heavy atom. The van der Waals surface area contributed by atoms with Gasteiger partial charge < -0.3 is 15.4 Å². The molecule has 112 valence electrons. The highest BCUT2D eigenvalue weighted by molar-refractivity contribution is 9.10. The van der Waals surface area contributed by atoms with Gasteiger partial charge in [-0.1, -0.05) is 34.1 Å². The zero-order valence-electron chi connectivity index (χ0n) is 12.2. The van der Waals surface area contributed by atoms with Crippen LogP contribution in [0.5, 0.6) is 0 Å². The minimum Gasteiger partial charge on any atom is -0.384 e. The number of halogens is 1. The zero-order chi connectivity index (χ0) is 14.4. The van der Waals surface area contributed by atoms with Crippen LogP contribution in [0.3, 0.4) is 0 Å². The average Bonchev–Trinajstić information content (AvgIpc) is 2.47. The molecule has 1 saturated heterocycles. The van der Waals surface area contributed by atoms with Gasteiger partial charge in [-0.25, -0.2) is 0 Å². The van der Waals surface area contributed by atoms with E-state index in [2.05, 4.69) is 39.0 Å². The summed E-state index contributed by atoms with van der Waals surface area (Å²) in [6.45, 7) is 4.35. The molecule has 1 unspecified atom stereocenters. The molecule has 20 heavy (non-hydrogen) atoms. The second-order valence-corrected chi connectivity index (χ2v) is 6.51. The molecule has 2 N–H and O–H groups in total. The van der Waals surface area contributed by atoms with Crippen LogP contribution < -0.4 is 5.73 Å². The fraction of sp³-hybridized carbons (Fsp3) is 0.625. The van der Waals surface area contributed by atoms with E-state index < -0.39 is 0 Å². The Morgan fingerprint density at radius 3 is 2.70 bits per heavy atom. The van der Waals surface area contributed by atoms with Crippen molar-refractivity contribution in [2.24, 2.45) is 11.7 Å². The summed E-state index contributed by atoms with van der Waals surface area (Å²) in [5.74, 6) is 0.744. The fourth-order valence-corrected chi connectivity index (χ4v) is 3.44. The Hall–Kier alpha value is -0.420. The maximum atomic E-state index is 6.31. The predicted octanol–water partition coefficient (Wildman–Crippen LogP) is 3.20. The maximum Gasteiger partial charge on any atom is 0.0491 e. The molecular formula is C16H25BrN2O. The lowest BCUT2D eigenvalue weighted by molar-refractivity contribution is 0.0983. The van der Waals surface area contributed by atoms with E-state index in [1.807, 2.05) is 6.07 Å². The number of ether oxygens (including phenoxy) is 1. The van der Waals surface area contributed by atoms with Gasteiger partial charge in [0.2, 0.25) is 0 Å². The zero-order valence-corrected chi connectivity index (χ0v) is 13.8. The first-order valence-electron chi connectivity index (χ1n) is 7.42. The summed E-state index contributed by atoms with van der Waals surface area (Å²) in [5.41, 5.74) is 7.52. The van der Waals surface area contributed by atoms with E-state index in [9.17, 15) is 0 Å². The first-order valence-corrected chi connectivity index (χ1v) is 8.21. The van der Waals surface area contributed by atoms with Crippen molar-refractivity contribution in [2.75, 3.05) is 33.4 Å². The van der Waals surface area contributed by atoms with Crippen molar-refractivity contribution in [3.63, 3.8) is 0 Å². The van der Waals surface area contributed by atoms with Crippen molar-refractivity contribution >= 4 is 15.9 Å². The number of benzene rings is 1. The molecule has 3 nitrogen and oxygen atoms in total. The van der Waals surface area contributed by atoms with Crippen LogP contribution in [-0.2, 0) is 4.74 Å². The van der Waals surface area contributed by atoms with Crippen LogP contribution in [0.2, 0.25) is 0 Å². The van der Waals surface area contributed by atoms with Gasteiger partial charge in [0.15, 0.2) is 0 Å². The summed E-state index contributed by atoms with van der Waals surface area (Å²) in [6, 6.07) is 8.37. The average molecular weight is 341 g/mol. The highest BCUT2D eigenvalue weighted by Gasteiger charge is 2.19. The number of hydrogen-bond donors (Lipinski definition) is 1. The highest BCUT2D eigenvalue weighted by atomic mass is 79.9. The SMILES string of the molecule is COCC1CCN(CCC(N)c2ccccc2Br)CC1. The molecule has 1 aliphatic rings. The van der Waals surface area contributed by atoms with E-state index in [4.69, 9.17) is 10.5 Å². The van der Waals surface area contributed by atoms with Gasteiger partial charge in [-0.3, -0.25) is 0 Å². The molecule has 0 amide bonds. The van der Waals surface area contributed by atoms with Gasteiger partial charge in [-0.15, -0.1) is 0 Å². The summed E-state index contributed by atoms with van der Waals surface area (Å²) in [7, 11) is 1.79. The van der Waals surface area contributed by atoms with Gasteiger partial charge in [0, 0.05) is 24.2 Å². The van der Waals surface area contributed by atoms with Gasteiger partial charge in [0.05, 0.1) is 0 Å². The fourth-order valence-electron chi connectivity index (χ4n) is 2.87. The molecule has 1 aromatic rings. The summed E-state index contributed by atoms with van der Waals surface area (Å²) in [5, 5.41) is 0. The number of piperidine rings is 1. The smallest absolute Gasteiger partial charge is 0.0491 e. The Labute approximate surface area is 130 Å². The van der Waals surface area contributed by atoms with Crippen LogP contribution in [0.15, 0.2) is 28.7 Å². The van der Waals surface area contributed by atoms with Crippen molar-refractivity contribution in [2.45, 2.75) is 25.3 Å². The molecule has 0 spiro atoms. The van der Waals surface area contributed by atoms with Gasteiger partial charge in [0.1, 0.15) is 0 Å². The van der Waals surface area contributed by atoms with E-state index in [0.29, 0.717) is 0 Å². The molecule has 1 fully saturated rings. The second-order valence-electron chi connectivity index (χ2n) is 5.66. The third-order valence-electron chi connectivity index (χ3n) is 4.17. The Morgan fingerprint density at radius 2 is 2.05 bits per heavy atom. The molecule has 0 aromatic heterocycles. The number of nitrogens with two attached hydrogens (primary N) is 1. The van der Waals surface area contributed by atoms with Crippen molar-refractivity contribution in [1.29, 1.82) is 0 Å². The molecule has 4 heteroatoms.